The molecule has 0 amide bonds. The number of hydrogen-bond acceptors (Lipinski definition) is 2. The summed E-state index contributed by atoms with van der Waals surface area (Å²) < 4.78 is 6.71. The first kappa shape index (κ1) is 33.6. The van der Waals surface area contributed by atoms with Gasteiger partial charge >= 0.3 is 0 Å². The highest BCUT2D eigenvalue weighted by Gasteiger charge is 2.21. The molecule has 0 spiro atoms. The molecule has 272 valence electrons. The molecule has 11 aromatic rings. The Morgan fingerprint density at radius 3 is 1.74 bits per heavy atom. The van der Waals surface area contributed by atoms with E-state index < -0.39 is 0 Å². The van der Waals surface area contributed by atoms with Crippen molar-refractivity contribution < 1.29 is 4.42 Å². The van der Waals surface area contributed by atoms with Gasteiger partial charge in [-0.3, -0.25) is 0 Å². The van der Waals surface area contributed by atoms with Crippen LogP contribution in [0.3, 0.4) is 0 Å². The summed E-state index contributed by atoms with van der Waals surface area (Å²) >= 11 is 0. The minimum Gasteiger partial charge on any atom is -0.455 e. The summed E-state index contributed by atoms with van der Waals surface area (Å²) in [6, 6.07) is 80.7. The van der Waals surface area contributed by atoms with E-state index in [4.69, 9.17) is 4.42 Å². The zero-order chi connectivity index (χ0) is 38.4. The van der Waals surface area contributed by atoms with Gasteiger partial charge in [0.2, 0.25) is 0 Å². The van der Waals surface area contributed by atoms with Gasteiger partial charge in [-0.1, -0.05) is 170 Å². The lowest BCUT2D eigenvalue weighted by Crippen LogP contribution is -2.10. The summed E-state index contributed by atoms with van der Waals surface area (Å²) in [6.07, 6.45) is 0. The van der Waals surface area contributed by atoms with E-state index in [9.17, 15) is 0 Å². The van der Waals surface area contributed by atoms with Gasteiger partial charge in [0.25, 0.3) is 0 Å². The van der Waals surface area contributed by atoms with Gasteiger partial charge in [-0.05, 0) is 115 Å². The second-order valence-electron chi connectivity index (χ2n) is 14.9. The molecular formula is C56H37NO. The minimum absolute atomic E-state index is 0.863. The zero-order valence-corrected chi connectivity index (χ0v) is 31.7. The summed E-state index contributed by atoms with van der Waals surface area (Å²) in [6.45, 7) is 0. The maximum absolute atomic E-state index is 6.71. The molecule has 0 radical (unpaired) electrons. The summed E-state index contributed by atoms with van der Waals surface area (Å²) in [5.74, 6) is 0. The van der Waals surface area contributed by atoms with Crippen molar-refractivity contribution in [3.05, 3.63) is 224 Å². The first-order valence-electron chi connectivity index (χ1n) is 19.8. The van der Waals surface area contributed by atoms with E-state index in [1.807, 2.05) is 0 Å². The molecule has 1 aromatic heterocycles. The van der Waals surface area contributed by atoms with Gasteiger partial charge in [0.05, 0.1) is 11.1 Å². The number of benzene rings is 10. The number of hydrogen-bond donors (Lipinski definition) is 0. The molecule has 0 N–H and O–H groups in total. The minimum atomic E-state index is 0.863. The van der Waals surface area contributed by atoms with Gasteiger partial charge < -0.3 is 9.32 Å². The lowest BCUT2D eigenvalue weighted by molar-refractivity contribution is 0.672. The Hall–Kier alpha value is -7.68. The maximum atomic E-state index is 6.71. The van der Waals surface area contributed by atoms with Crippen molar-refractivity contribution in [1.29, 1.82) is 0 Å². The monoisotopic (exact) mass is 739 g/mol. The zero-order valence-electron chi connectivity index (χ0n) is 31.7. The van der Waals surface area contributed by atoms with Crippen molar-refractivity contribution in [2.45, 2.75) is 0 Å². The van der Waals surface area contributed by atoms with Crippen LogP contribution in [0.2, 0.25) is 0 Å². The first-order valence-corrected chi connectivity index (χ1v) is 19.8. The van der Waals surface area contributed by atoms with E-state index in [1.165, 1.54) is 44.2 Å². The number of anilines is 3. The molecule has 0 unspecified atom stereocenters. The maximum Gasteiger partial charge on any atom is 0.143 e. The molecule has 0 atom stereocenters. The molecule has 0 aliphatic rings. The molecule has 10 aromatic carbocycles. The van der Waals surface area contributed by atoms with Crippen LogP contribution in [0, 0.1) is 0 Å². The Kier molecular flexibility index (Phi) is 8.19. The van der Waals surface area contributed by atoms with Gasteiger partial charge in [-0.25, -0.2) is 0 Å². The van der Waals surface area contributed by atoms with Crippen molar-refractivity contribution in [2.24, 2.45) is 0 Å². The fourth-order valence-corrected chi connectivity index (χ4v) is 8.59. The van der Waals surface area contributed by atoms with Crippen molar-refractivity contribution in [3.8, 4) is 44.5 Å². The first-order chi connectivity index (χ1) is 28.7. The molecular weight excluding hydrogens is 703 g/mol. The number of rotatable bonds is 7. The van der Waals surface area contributed by atoms with E-state index in [-0.39, 0.29) is 0 Å². The van der Waals surface area contributed by atoms with E-state index in [0.717, 1.165) is 60.9 Å². The van der Waals surface area contributed by atoms with Crippen LogP contribution in [-0.4, -0.2) is 0 Å². The van der Waals surface area contributed by atoms with E-state index in [2.05, 4.69) is 229 Å². The van der Waals surface area contributed by atoms with Crippen LogP contribution in [0.25, 0.3) is 88.0 Å². The van der Waals surface area contributed by atoms with Crippen LogP contribution in [0.15, 0.2) is 229 Å². The quantitative estimate of drug-likeness (QED) is 0.162. The van der Waals surface area contributed by atoms with Crippen LogP contribution in [0.5, 0.6) is 0 Å². The summed E-state index contributed by atoms with van der Waals surface area (Å²) in [4.78, 5) is 2.39. The smallest absolute Gasteiger partial charge is 0.143 e. The van der Waals surface area contributed by atoms with E-state index >= 15 is 0 Å². The highest BCUT2D eigenvalue weighted by atomic mass is 16.3. The number of furan rings is 1. The fraction of sp³-hybridized carbons (Fsp3) is 0. The third-order valence-corrected chi connectivity index (χ3v) is 11.4. The Balaban J connectivity index is 1.09. The second kappa shape index (κ2) is 14.1. The molecule has 0 fully saturated rings. The summed E-state index contributed by atoms with van der Waals surface area (Å²) in [5, 5.41) is 6.93. The van der Waals surface area contributed by atoms with Crippen LogP contribution in [-0.2, 0) is 0 Å². The lowest BCUT2D eigenvalue weighted by atomic mass is 9.91. The van der Waals surface area contributed by atoms with Gasteiger partial charge in [-0.15, -0.1) is 0 Å². The van der Waals surface area contributed by atoms with Crippen molar-refractivity contribution in [2.75, 3.05) is 4.90 Å². The van der Waals surface area contributed by atoms with Crippen molar-refractivity contribution >= 4 is 60.5 Å². The molecule has 0 aliphatic carbocycles. The molecule has 1 heterocycles. The average Bonchev–Trinajstić information content (AvgIpc) is 3.70. The fourth-order valence-electron chi connectivity index (χ4n) is 8.59. The van der Waals surface area contributed by atoms with Crippen LogP contribution in [0.4, 0.5) is 17.1 Å². The predicted octanol–water partition coefficient (Wildman–Crippen LogP) is 16.0. The molecule has 0 saturated heterocycles. The molecule has 0 aliphatic heterocycles. The third kappa shape index (κ3) is 5.91. The van der Waals surface area contributed by atoms with Crippen molar-refractivity contribution in [1.82, 2.24) is 0 Å². The lowest BCUT2D eigenvalue weighted by Gasteiger charge is -2.27. The average molecular weight is 740 g/mol. The normalized spacial score (nSPS) is 11.4. The van der Waals surface area contributed by atoms with Gasteiger partial charge in [0, 0.05) is 22.1 Å². The van der Waals surface area contributed by atoms with Gasteiger partial charge in [0.1, 0.15) is 11.2 Å². The van der Waals surface area contributed by atoms with Crippen LogP contribution < -0.4 is 4.90 Å². The highest BCUT2D eigenvalue weighted by molar-refractivity contribution is 6.19. The molecule has 58 heavy (non-hydrogen) atoms. The van der Waals surface area contributed by atoms with E-state index in [1.54, 1.807) is 0 Å². The van der Waals surface area contributed by atoms with Gasteiger partial charge in [-0.2, -0.15) is 0 Å². The molecule has 0 saturated carbocycles. The second-order valence-corrected chi connectivity index (χ2v) is 14.9. The van der Waals surface area contributed by atoms with Crippen LogP contribution >= 0.6 is 0 Å². The third-order valence-electron chi connectivity index (χ3n) is 11.4. The summed E-state index contributed by atoms with van der Waals surface area (Å²) in [5.41, 5.74) is 14.5. The standard InChI is InChI=1S/C56H37NO/c1-3-13-38(14-4-1)46-30-33-49(52(37-46)40-16-5-2-6-17-40)42-27-31-47(32-28-42)57(48-21-11-20-44(36-48)45-26-25-39-15-7-8-19-43(39)35-45)53-23-12-24-54-55(53)51-34-29-41-18-9-10-22-50(41)56(51)58-54/h1-37H. The topological polar surface area (TPSA) is 16.4 Å². The Labute approximate surface area is 337 Å². The predicted molar refractivity (Wildman–Crippen MR) is 245 cm³/mol. The Morgan fingerprint density at radius 2 is 0.914 bits per heavy atom. The molecule has 2 heteroatoms. The summed E-state index contributed by atoms with van der Waals surface area (Å²) in [7, 11) is 0. The van der Waals surface area contributed by atoms with Crippen molar-refractivity contribution in [3.63, 3.8) is 0 Å². The largest absolute Gasteiger partial charge is 0.455 e. The Morgan fingerprint density at radius 1 is 0.310 bits per heavy atom. The highest BCUT2D eigenvalue weighted by Crippen LogP contribution is 2.46. The van der Waals surface area contributed by atoms with E-state index in [0.29, 0.717) is 0 Å². The molecule has 0 bridgehead atoms. The van der Waals surface area contributed by atoms with Crippen LogP contribution in [0.1, 0.15) is 0 Å². The molecule has 11 rings (SSSR count). The SMILES string of the molecule is c1ccc(-c2ccc(-c3ccc(N(c4cccc(-c5ccc6ccccc6c5)c4)c4cccc5oc6c7ccccc7ccc6c45)cc3)c(-c3ccccc3)c2)cc1. The Bertz CT molecular complexity index is 3270. The van der Waals surface area contributed by atoms with Gasteiger partial charge in [0.15, 0.2) is 0 Å². The molecule has 2 nitrogen and oxygen atoms in total. The number of fused-ring (bicyclic) bond motifs is 6. The number of nitrogens with zero attached hydrogens (tertiary/aromatic N) is 1.